The van der Waals surface area contributed by atoms with Crippen LogP contribution in [0.2, 0.25) is 0 Å². The Hall–Kier alpha value is -2.55. The molecule has 0 aliphatic heterocycles. The first-order valence-corrected chi connectivity index (χ1v) is 10.8. The Morgan fingerprint density at radius 1 is 0.793 bits per heavy atom. The third-order valence-electron chi connectivity index (χ3n) is 5.40. The van der Waals surface area contributed by atoms with Crippen molar-refractivity contribution in [2.45, 2.75) is 64.0 Å². The molecule has 3 rings (SSSR count). The van der Waals surface area contributed by atoms with Gasteiger partial charge < -0.3 is 0 Å². The summed E-state index contributed by atoms with van der Waals surface area (Å²) in [4.78, 5) is 8.90. The Kier molecular flexibility index (Phi) is 8.36. The Morgan fingerprint density at radius 3 is 1.93 bits per heavy atom. The molecule has 1 unspecified atom stereocenters. The van der Waals surface area contributed by atoms with Gasteiger partial charge in [-0.25, -0.2) is 14.4 Å². The smallest absolute Gasteiger partial charge is 0.128 e. The second-order valence-electron chi connectivity index (χ2n) is 7.71. The highest BCUT2D eigenvalue weighted by atomic mass is 19.1. The number of aromatic nitrogens is 2. The van der Waals surface area contributed by atoms with Crippen molar-refractivity contribution in [2.75, 3.05) is 0 Å². The van der Waals surface area contributed by atoms with Crippen LogP contribution in [0.5, 0.6) is 0 Å². The van der Waals surface area contributed by atoms with Crippen molar-refractivity contribution in [1.82, 2.24) is 9.97 Å². The molecule has 1 aromatic heterocycles. The summed E-state index contributed by atoms with van der Waals surface area (Å²) in [6, 6.07) is 20.5. The number of hydrogen-bond donors (Lipinski definition) is 0. The lowest BCUT2D eigenvalue weighted by molar-refractivity contribution is 0.286. The van der Waals surface area contributed by atoms with Crippen LogP contribution in [-0.2, 0) is 12.8 Å². The van der Waals surface area contributed by atoms with Crippen LogP contribution in [0.4, 0.5) is 4.39 Å². The van der Waals surface area contributed by atoms with Crippen LogP contribution < -0.4 is 0 Å². The quantitative estimate of drug-likeness (QED) is 0.340. The van der Waals surface area contributed by atoms with E-state index in [2.05, 4.69) is 41.2 Å². The number of benzene rings is 2. The summed E-state index contributed by atoms with van der Waals surface area (Å²) in [7, 11) is 0. The molecule has 0 amide bonds. The lowest BCUT2D eigenvalue weighted by Crippen LogP contribution is -2.11. The molecule has 3 heteroatoms. The molecule has 0 saturated heterocycles. The zero-order chi connectivity index (χ0) is 20.3. The van der Waals surface area contributed by atoms with Crippen molar-refractivity contribution in [1.29, 1.82) is 0 Å². The predicted octanol–water partition coefficient (Wildman–Crippen LogP) is 6.70. The highest BCUT2D eigenvalue weighted by molar-refractivity contribution is 5.32. The van der Waals surface area contributed by atoms with Crippen molar-refractivity contribution in [2.24, 2.45) is 0 Å². The van der Waals surface area contributed by atoms with E-state index in [1.54, 1.807) is 0 Å². The van der Waals surface area contributed by atoms with Crippen molar-refractivity contribution in [3.63, 3.8) is 0 Å². The van der Waals surface area contributed by atoms with Gasteiger partial charge in [-0.15, -0.1) is 0 Å². The van der Waals surface area contributed by atoms with Crippen molar-refractivity contribution >= 4 is 0 Å². The fourth-order valence-electron chi connectivity index (χ4n) is 3.71. The van der Waals surface area contributed by atoms with Gasteiger partial charge in [-0.2, -0.15) is 0 Å². The third-order valence-corrected chi connectivity index (χ3v) is 5.40. The molecule has 0 radical (unpaired) electrons. The summed E-state index contributed by atoms with van der Waals surface area (Å²) >= 11 is 0. The zero-order valence-electron chi connectivity index (χ0n) is 17.3. The minimum atomic E-state index is -0.871. The van der Waals surface area contributed by atoms with E-state index >= 15 is 0 Å². The standard InChI is InChI=1S/C26H31FN2/c1-2-3-6-15-26-28-19-21(20-29-26)16-17-24(27)18-25(22-11-7-4-8-12-22)23-13-9-5-10-14-23/h4-5,7-14,19-20,24-25H,2-3,6,15-18H2,1H3. The molecule has 29 heavy (non-hydrogen) atoms. The van der Waals surface area contributed by atoms with Crippen molar-refractivity contribution in [3.05, 3.63) is 95.6 Å². The van der Waals surface area contributed by atoms with Gasteiger partial charge in [-0.1, -0.05) is 80.4 Å². The van der Waals surface area contributed by atoms with Crippen LogP contribution >= 0.6 is 0 Å². The molecule has 0 fully saturated rings. The highest BCUT2D eigenvalue weighted by Crippen LogP contribution is 2.31. The SMILES string of the molecule is CCCCCc1ncc(CCC(F)CC(c2ccccc2)c2ccccc2)cn1. The van der Waals surface area contributed by atoms with Crippen LogP contribution in [-0.4, -0.2) is 16.1 Å². The molecule has 0 spiro atoms. The molecule has 1 heterocycles. The molecular weight excluding hydrogens is 359 g/mol. The maximum atomic E-state index is 15.0. The number of halogens is 1. The van der Waals surface area contributed by atoms with E-state index in [0.29, 0.717) is 19.3 Å². The summed E-state index contributed by atoms with van der Waals surface area (Å²) in [6.07, 6.45) is 8.98. The molecule has 0 bridgehead atoms. The molecule has 0 saturated carbocycles. The fraction of sp³-hybridized carbons (Fsp3) is 0.385. The first-order chi connectivity index (χ1) is 14.3. The molecule has 0 N–H and O–H groups in total. The maximum absolute atomic E-state index is 15.0. The van der Waals surface area contributed by atoms with Crippen molar-refractivity contribution < 1.29 is 4.39 Å². The normalized spacial score (nSPS) is 12.2. The monoisotopic (exact) mass is 390 g/mol. The van der Waals surface area contributed by atoms with Gasteiger partial charge in [-0.05, 0) is 42.4 Å². The lowest BCUT2D eigenvalue weighted by Gasteiger charge is -2.20. The van der Waals surface area contributed by atoms with Gasteiger partial charge in [0, 0.05) is 24.7 Å². The predicted molar refractivity (Wildman–Crippen MR) is 118 cm³/mol. The second kappa shape index (κ2) is 11.5. The number of nitrogens with zero attached hydrogens (tertiary/aromatic N) is 2. The lowest BCUT2D eigenvalue weighted by atomic mass is 9.86. The Labute approximate surface area is 174 Å². The number of rotatable bonds is 11. The minimum absolute atomic E-state index is 0.0737. The topological polar surface area (TPSA) is 25.8 Å². The van der Waals surface area contributed by atoms with Gasteiger partial charge in [0.05, 0.1) is 0 Å². The van der Waals surface area contributed by atoms with E-state index in [1.807, 2.05) is 48.8 Å². The van der Waals surface area contributed by atoms with Crippen molar-refractivity contribution in [3.8, 4) is 0 Å². The average molecular weight is 391 g/mol. The molecule has 1 atom stereocenters. The number of alkyl halides is 1. The van der Waals surface area contributed by atoms with Crippen LogP contribution in [0.25, 0.3) is 0 Å². The van der Waals surface area contributed by atoms with Gasteiger partial charge in [0.1, 0.15) is 12.0 Å². The first-order valence-electron chi connectivity index (χ1n) is 10.8. The van der Waals surface area contributed by atoms with Gasteiger partial charge in [0.15, 0.2) is 0 Å². The zero-order valence-corrected chi connectivity index (χ0v) is 17.3. The van der Waals surface area contributed by atoms with E-state index in [1.165, 1.54) is 24.0 Å². The highest BCUT2D eigenvalue weighted by Gasteiger charge is 2.19. The molecular formula is C26H31FN2. The van der Waals surface area contributed by atoms with Gasteiger partial charge >= 0.3 is 0 Å². The Balaban J connectivity index is 1.57. The third kappa shape index (κ3) is 6.77. The Bertz CT molecular complexity index is 779. The summed E-state index contributed by atoms with van der Waals surface area (Å²) in [5.41, 5.74) is 3.35. The summed E-state index contributed by atoms with van der Waals surface area (Å²) in [5, 5.41) is 0. The number of hydrogen-bond acceptors (Lipinski definition) is 2. The second-order valence-corrected chi connectivity index (χ2v) is 7.71. The number of unbranched alkanes of at least 4 members (excludes halogenated alkanes) is 2. The molecule has 0 aliphatic rings. The number of aryl methyl sites for hydroxylation is 2. The largest absolute Gasteiger partial charge is 0.247 e. The average Bonchev–Trinajstić information content (AvgIpc) is 2.78. The van der Waals surface area contributed by atoms with E-state index in [0.717, 1.165) is 24.2 Å². The molecule has 2 nitrogen and oxygen atoms in total. The van der Waals surface area contributed by atoms with E-state index in [4.69, 9.17) is 0 Å². The fourth-order valence-corrected chi connectivity index (χ4v) is 3.71. The van der Waals surface area contributed by atoms with Crippen LogP contribution in [0.15, 0.2) is 73.1 Å². The molecule has 3 aromatic rings. The summed E-state index contributed by atoms with van der Waals surface area (Å²) in [6.45, 7) is 2.19. The molecule has 152 valence electrons. The van der Waals surface area contributed by atoms with E-state index in [9.17, 15) is 4.39 Å². The van der Waals surface area contributed by atoms with E-state index in [-0.39, 0.29) is 5.92 Å². The first kappa shape index (κ1) is 21.2. The van der Waals surface area contributed by atoms with Crippen LogP contribution in [0.3, 0.4) is 0 Å². The maximum Gasteiger partial charge on any atom is 0.128 e. The summed E-state index contributed by atoms with van der Waals surface area (Å²) < 4.78 is 15.0. The van der Waals surface area contributed by atoms with Gasteiger partial charge in [0.2, 0.25) is 0 Å². The van der Waals surface area contributed by atoms with E-state index < -0.39 is 6.17 Å². The molecule has 2 aromatic carbocycles. The summed E-state index contributed by atoms with van der Waals surface area (Å²) in [5.74, 6) is 0.969. The van der Waals surface area contributed by atoms with Crippen LogP contribution in [0, 0.1) is 0 Å². The van der Waals surface area contributed by atoms with Crippen LogP contribution in [0.1, 0.15) is 67.5 Å². The van der Waals surface area contributed by atoms with Gasteiger partial charge in [-0.3, -0.25) is 0 Å². The minimum Gasteiger partial charge on any atom is -0.247 e. The van der Waals surface area contributed by atoms with Gasteiger partial charge in [0.25, 0.3) is 0 Å². The molecule has 0 aliphatic carbocycles. The Morgan fingerprint density at radius 2 is 1.38 bits per heavy atom.